The number of benzene rings is 2. The molecule has 2 rings (SSSR count). The minimum Gasteiger partial charge on any atom is -0.459 e. The first-order valence-electron chi connectivity index (χ1n) is 6.77. The van der Waals surface area contributed by atoms with E-state index in [4.69, 9.17) is 9.47 Å². The molecule has 110 valence electrons. The molecule has 1 N–H and O–H groups in total. The molecule has 0 saturated heterocycles. The van der Waals surface area contributed by atoms with Gasteiger partial charge in [-0.05, 0) is 17.7 Å². The number of carbonyl (C=O) groups excluding carboxylic acids is 1. The van der Waals surface area contributed by atoms with Crippen molar-refractivity contribution in [3.63, 3.8) is 0 Å². The van der Waals surface area contributed by atoms with Crippen LogP contribution in [0.2, 0.25) is 0 Å². The molecule has 0 aliphatic heterocycles. The normalized spacial score (nSPS) is 11.9. The number of carbonyl (C=O) groups is 1. The molecule has 0 aromatic heterocycles. The fourth-order valence-electron chi connectivity index (χ4n) is 1.76. The lowest BCUT2D eigenvalue weighted by Crippen LogP contribution is -2.23. The Morgan fingerprint density at radius 1 is 0.952 bits per heavy atom. The van der Waals surface area contributed by atoms with Gasteiger partial charge in [-0.15, -0.1) is 0 Å². The predicted molar refractivity (Wildman–Crippen MR) is 78.8 cm³/mol. The Kier molecular flexibility index (Phi) is 5.94. The molecular weight excluding hydrogens is 268 g/mol. The first kappa shape index (κ1) is 15.2. The van der Waals surface area contributed by atoms with Gasteiger partial charge in [0.15, 0.2) is 0 Å². The molecule has 0 amide bonds. The number of hydrogen-bond acceptors (Lipinski definition) is 4. The summed E-state index contributed by atoms with van der Waals surface area (Å²) >= 11 is 0. The van der Waals surface area contributed by atoms with Crippen molar-refractivity contribution in [2.24, 2.45) is 0 Å². The summed E-state index contributed by atoms with van der Waals surface area (Å²) in [5.74, 6) is -0.447. The molecule has 1 atom stereocenters. The van der Waals surface area contributed by atoms with Crippen LogP contribution in [-0.4, -0.2) is 30.4 Å². The highest BCUT2D eigenvalue weighted by Gasteiger charge is 2.10. The van der Waals surface area contributed by atoms with Gasteiger partial charge in [-0.2, -0.15) is 0 Å². The Balaban J connectivity index is 1.66. The molecular formula is C17H18O4. The van der Waals surface area contributed by atoms with E-state index >= 15 is 0 Å². The van der Waals surface area contributed by atoms with Crippen molar-refractivity contribution in [1.29, 1.82) is 0 Å². The molecule has 0 fully saturated rings. The summed E-state index contributed by atoms with van der Waals surface area (Å²) in [5.41, 5.74) is 1.50. The maximum absolute atomic E-state index is 11.7. The molecule has 4 heteroatoms. The van der Waals surface area contributed by atoms with Crippen LogP contribution in [0.15, 0.2) is 60.7 Å². The lowest BCUT2D eigenvalue weighted by Gasteiger charge is -2.12. The summed E-state index contributed by atoms with van der Waals surface area (Å²) in [6.45, 7) is 0.462. The van der Waals surface area contributed by atoms with Crippen molar-refractivity contribution in [1.82, 2.24) is 0 Å². The molecule has 0 heterocycles. The van der Waals surface area contributed by atoms with Crippen LogP contribution in [0.3, 0.4) is 0 Å². The minimum atomic E-state index is -0.832. The van der Waals surface area contributed by atoms with Crippen molar-refractivity contribution >= 4 is 5.97 Å². The summed E-state index contributed by atoms with van der Waals surface area (Å²) < 4.78 is 10.4. The minimum absolute atomic E-state index is 0.0808. The molecule has 2 aromatic carbocycles. The van der Waals surface area contributed by atoms with Gasteiger partial charge in [0.25, 0.3) is 0 Å². The SMILES string of the molecule is O=C(OCC(O)COCc1ccccc1)c1ccccc1. The highest BCUT2D eigenvalue weighted by Crippen LogP contribution is 2.03. The second kappa shape index (κ2) is 8.19. The Bertz CT molecular complexity index is 539. The fraction of sp³-hybridized carbons (Fsp3) is 0.235. The number of rotatable bonds is 7. The van der Waals surface area contributed by atoms with Crippen molar-refractivity contribution in [2.75, 3.05) is 13.2 Å². The number of ether oxygens (including phenoxy) is 2. The predicted octanol–water partition coefficient (Wildman–Crippen LogP) is 2.42. The molecule has 0 radical (unpaired) electrons. The van der Waals surface area contributed by atoms with Gasteiger partial charge < -0.3 is 14.6 Å². The topological polar surface area (TPSA) is 55.8 Å². The van der Waals surface area contributed by atoms with E-state index < -0.39 is 12.1 Å². The Morgan fingerprint density at radius 3 is 2.24 bits per heavy atom. The molecule has 1 unspecified atom stereocenters. The number of esters is 1. The third-order valence-electron chi connectivity index (χ3n) is 2.84. The maximum atomic E-state index is 11.7. The van der Waals surface area contributed by atoms with Crippen LogP contribution < -0.4 is 0 Å². The van der Waals surface area contributed by atoms with E-state index in [2.05, 4.69) is 0 Å². The van der Waals surface area contributed by atoms with E-state index in [1.807, 2.05) is 36.4 Å². The van der Waals surface area contributed by atoms with Crippen molar-refractivity contribution in [3.8, 4) is 0 Å². The van der Waals surface area contributed by atoms with Crippen LogP contribution in [0.4, 0.5) is 0 Å². The van der Waals surface area contributed by atoms with Gasteiger partial charge in [0.05, 0.1) is 18.8 Å². The van der Waals surface area contributed by atoms with Gasteiger partial charge in [0.2, 0.25) is 0 Å². The highest BCUT2D eigenvalue weighted by atomic mass is 16.5. The average molecular weight is 286 g/mol. The summed E-state index contributed by atoms with van der Waals surface area (Å²) in [4.78, 5) is 11.7. The maximum Gasteiger partial charge on any atom is 0.338 e. The van der Waals surface area contributed by atoms with Crippen molar-refractivity contribution in [3.05, 3.63) is 71.8 Å². The summed E-state index contributed by atoms with van der Waals surface area (Å²) in [6, 6.07) is 18.4. The Labute approximate surface area is 123 Å². The molecule has 0 spiro atoms. The lowest BCUT2D eigenvalue weighted by atomic mass is 10.2. The molecule has 2 aromatic rings. The first-order chi connectivity index (χ1) is 10.3. The van der Waals surface area contributed by atoms with Gasteiger partial charge in [-0.25, -0.2) is 4.79 Å². The summed E-state index contributed by atoms with van der Waals surface area (Å²) in [5, 5.41) is 9.72. The zero-order valence-corrected chi connectivity index (χ0v) is 11.6. The van der Waals surface area contributed by atoms with Crippen LogP contribution >= 0.6 is 0 Å². The smallest absolute Gasteiger partial charge is 0.338 e. The van der Waals surface area contributed by atoms with E-state index in [-0.39, 0.29) is 13.2 Å². The number of aliphatic hydroxyl groups excluding tert-OH is 1. The van der Waals surface area contributed by atoms with Crippen LogP contribution in [0.5, 0.6) is 0 Å². The van der Waals surface area contributed by atoms with E-state index in [1.54, 1.807) is 24.3 Å². The quantitative estimate of drug-likeness (QED) is 0.794. The second-order valence-electron chi connectivity index (χ2n) is 4.62. The molecule has 0 aliphatic rings. The third kappa shape index (κ3) is 5.38. The van der Waals surface area contributed by atoms with Gasteiger partial charge in [0.1, 0.15) is 12.7 Å². The van der Waals surface area contributed by atoms with Crippen LogP contribution in [0.1, 0.15) is 15.9 Å². The largest absolute Gasteiger partial charge is 0.459 e. The van der Waals surface area contributed by atoms with Gasteiger partial charge >= 0.3 is 5.97 Å². The van der Waals surface area contributed by atoms with Gasteiger partial charge in [-0.3, -0.25) is 0 Å². The Morgan fingerprint density at radius 2 is 1.57 bits per heavy atom. The summed E-state index contributed by atoms with van der Waals surface area (Å²) in [7, 11) is 0. The number of hydrogen-bond donors (Lipinski definition) is 1. The molecule has 4 nitrogen and oxygen atoms in total. The molecule has 0 aliphatic carbocycles. The molecule has 0 saturated carbocycles. The molecule has 21 heavy (non-hydrogen) atoms. The van der Waals surface area contributed by atoms with Crippen molar-refractivity contribution in [2.45, 2.75) is 12.7 Å². The molecule has 0 bridgehead atoms. The number of aliphatic hydroxyl groups is 1. The lowest BCUT2D eigenvalue weighted by molar-refractivity contribution is -0.0150. The van der Waals surface area contributed by atoms with Crippen LogP contribution in [-0.2, 0) is 16.1 Å². The van der Waals surface area contributed by atoms with Gasteiger partial charge in [-0.1, -0.05) is 48.5 Å². The zero-order chi connectivity index (χ0) is 14.9. The van der Waals surface area contributed by atoms with Crippen LogP contribution in [0.25, 0.3) is 0 Å². The first-order valence-corrected chi connectivity index (χ1v) is 6.77. The Hall–Kier alpha value is -2.17. The standard InChI is InChI=1S/C17H18O4/c18-16(12-20-11-14-7-3-1-4-8-14)13-21-17(19)15-9-5-2-6-10-15/h1-10,16,18H,11-13H2. The monoisotopic (exact) mass is 286 g/mol. The van der Waals surface area contributed by atoms with Gasteiger partial charge in [0, 0.05) is 0 Å². The zero-order valence-electron chi connectivity index (χ0n) is 11.6. The van der Waals surface area contributed by atoms with E-state index in [0.29, 0.717) is 12.2 Å². The summed E-state index contributed by atoms with van der Waals surface area (Å²) in [6.07, 6.45) is -0.832. The van der Waals surface area contributed by atoms with Crippen molar-refractivity contribution < 1.29 is 19.4 Å². The fourth-order valence-corrected chi connectivity index (χ4v) is 1.76. The highest BCUT2D eigenvalue weighted by molar-refractivity contribution is 5.89. The van der Waals surface area contributed by atoms with E-state index in [1.165, 1.54) is 0 Å². The second-order valence-corrected chi connectivity index (χ2v) is 4.62. The van der Waals surface area contributed by atoms with E-state index in [9.17, 15) is 9.90 Å². The average Bonchev–Trinajstić information content (AvgIpc) is 2.54. The third-order valence-corrected chi connectivity index (χ3v) is 2.84. The van der Waals surface area contributed by atoms with E-state index in [0.717, 1.165) is 5.56 Å². The van der Waals surface area contributed by atoms with Crippen LogP contribution in [0, 0.1) is 0 Å².